The number of allylic oxidation sites excluding steroid dienone is 9. The number of amides is 1. The maximum atomic E-state index is 12.5. The molecule has 438 valence electrons. The van der Waals surface area contributed by atoms with Gasteiger partial charge in [-0.25, -0.2) is 0 Å². The van der Waals surface area contributed by atoms with Gasteiger partial charge in [0, 0.05) is 12.8 Å². The molecule has 3 N–H and O–H groups in total. The first-order valence-corrected chi connectivity index (χ1v) is 33.1. The van der Waals surface area contributed by atoms with E-state index in [1.54, 1.807) is 6.08 Å². The molecule has 0 saturated heterocycles. The van der Waals surface area contributed by atoms with Crippen molar-refractivity contribution in [3.63, 3.8) is 0 Å². The highest BCUT2D eigenvalue weighted by Gasteiger charge is 2.18. The van der Waals surface area contributed by atoms with Crippen LogP contribution in [-0.2, 0) is 14.3 Å². The fourth-order valence-electron chi connectivity index (χ4n) is 9.94. The Hall–Kier alpha value is -2.44. The zero-order valence-corrected chi connectivity index (χ0v) is 50.0. The summed E-state index contributed by atoms with van der Waals surface area (Å²) in [6.07, 6.45) is 84.2. The summed E-state index contributed by atoms with van der Waals surface area (Å²) in [6.45, 7) is 4.83. The average molecular weight is 1050 g/mol. The highest BCUT2D eigenvalue weighted by Crippen LogP contribution is 2.17. The number of carbonyl (C=O) groups excluding carboxylic acids is 2. The molecule has 0 aromatic rings. The van der Waals surface area contributed by atoms with E-state index in [1.807, 2.05) is 6.08 Å². The summed E-state index contributed by atoms with van der Waals surface area (Å²) in [7, 11) is 0. The van der Waals surface area contributed by atoms with E-state index in [1.165, 1.54) is 225 Å². The Morgan fingerprint density at radius 2 is 0.720 bits per heavy atom. The number of unbranched alkanes of at least 4 members (excludes halogenated alkanes) is 43. The van der Waals surface area contributed by atoms with E-state index in [4.69, 9.17) is 4.74 Å². The lowest BCUT2D eigenvalue weighted by Gasteiger charge is -2.20. The third-order valence-corrected chi connectivity index (χ3v) is 15.0. The summed E-state index contributed by atoms with van der Waals surface area (Å²) in [4.78, 5) is 24.6. The fraction of sp³-hybridized carbons (Fsp3) is 0.826. The van der Waals surface area contributed by atoms with Crippen LogP contribution in [0.15, 0.2) is 60.8 Å². The standard InChI is InChI=1S/C69H127NO5/c1-3-5-7-9-11-13-15-17-19-20-21-22-23-24-25-26-28-31-34-37-41-45-49-53-57-61-67(72)66(65-71)70-68(73)62-58-54-50-46-42-38-35-32-29-27-30-33-36-40-44-48-52-56-60-64-75-69(74)63-59-55-51-47-43-39-18-16-14-12-10-8-6-4-2/h10,12,16,18,33,36,40,44,57,61,66-67,71-72H,3-9,11,13-15,17,19-32,34-35,37-39,41-43,45-56,58-60,62-65H2,1-2H3,(H,70,73)/b12-10-,18-16-,36-33-,44-40-,61-57+. The first-order valence-electron chi connectivity index (χ1n) is 33.1. The van der Waals surface area contributed by atoms with Gasteiger partial charge in [0.25, 0.3) is 0 Å². The zero-order valence-electron chi connectivity index (χ0n) is 50.0. The van der Waals surface area contributed by atoms with Crippen LogP contribution in [0.2, 0.25) is 0 Å². The van der Waals surface area contributed by atoms with Crippen molar-refractivity contribution in [2.24, 2.45) is 0 Å². The van der Waals surface area contributed by atoms with Gasteiger partial charge in [-0.05, 0) is 89.9 Å². The van der Waals surface area contributed by atoms with Crippen molar-refractivity contribution in [1.29, 1.82) is 0 Å². The van der Waals surface area contributed by atoms with Crippen LogP contribution in [0.5, 0.6) is 0 Å². The number of hydrogen-bond donors (Lipinski definition) is 3. The monoisotopic (exact) mass is 1050 g/mol. The molecule has 0 aliphatic carbocycles. The number of aliphatic hydroxyl groups excluding tert-OH is 2. The molecule has 0 aromatic carbocycles. The van der Waals surface area contributed by atoms with Gasteiger partial charge < -0.3 is 20.3 Å². The number of hydrogen-bond acceptors (Lipinski definition) is 5. The van der Waals surface area contributed by atoms with Crippen molar-refractivity contribution in [1.82, 2.24) is 5.32 Å². The smallest absolute Gasteiger partial charge is 0.305 e. The summed E-state index contributed by atoms with van der Waals surface area (Å²) >= 11 is 0. The van der Waals surface area contributed by atoms with Crippen molar-refractivity contribution < 1.29 is 24.5 Å². The van der Waals surface area contributed by atoms with Crippen LogP contribution < -0.4 is 5.32 Å². The summed E-state index contributed by atoms with van der Waals surface area (Å²) in [5.41, 5.74) is 0. The van der Waals surface area contributed by atoms with E-state index in [-0.39, 0.29) is 18.5 Å². The molecule has 0 spiro atoms. The molecule has 2 unspecified atom stereocenters. The van der Waals surface area contributed by atoms with Crippen LogP contribution in [-0.4, -0.2) is 47.4 Å². The highest BCUT2D eigenvalue weighted by molar-refractivity contribution is 5.76. The molecule has 0 bridgehead atoms. The van der Waals surface area contributed by atoms with E-state index < -0.39 is 12.1 Å². The molecule has 0 heterocycles. The van der Waals surface area contributed by atoms with Gasteiger partial charge in [-0.2, -0.15) is 0 Å². The second-order valence-electron chi connectivity index (χ2n) is 22.5. The van der Waals surface area contributed by atoms with Gasteiger partial charge in [-0.1, -0.05) is 299 Å². The topological polar surface area (TPSA) is 95.9 Å². The van der Waals surface area contributed by atoms with Crippen molar-refractivity contribution >= 4 is 11.9 Å². The van der Waals surface area contributed by atoms with Gasteiger partial charge >= 0.3 is 5.97 Å². The highest BCUT2D eigenvalue weighted by atomic mass is 16.5. The number of rotatable bonds is 61. The third kappa shape index (κ3) is 60.6. The van der Waals surface area contributed by atoms with Crippen molar-refractivity contribution in [3.05, 3.63) is 60.8 Å². The molecule has 6 nitrogen and oxygen atoms in total. The Morgan fingerprint density at radius 1 is 0.387 bits per heavy atom. The minimum Gasteiger partial charge on any atom is -0.466 e. The van der Waals surface area contributed by atoms with E-state index in [0.717, 1.165) is 89.9 Å². The molecule has 0 aromatic heterocycles. The molecule has 0 aliphatic heterocycles. The van der Waals surface area contributed by atoms with Crippen LogP contribution >= 0.6 is 0 Å². The summed E-state index contributed by atoms with van der Waals surface area (Å²) in [5, 5.41) is 23.2. The lowest BCUT2D eigenvalue weighted by Crippen LogP contribution is -2.45. The quantitative estimate of drug-likeness (QED) is 0.0244. The lowest BCUT2D eigenvalue weighted by molar-refractivity contribution is -0.143. The number of esters is 1. The Morgan fingerprint density at radius 3 is 1.13 bits per heavy atom. The zero-order chi connectivity index (χ0) is 54.3. The second kappa shape index (κ2) is 64.1. The molecular formula is C69H127NO5. The first kappa shape index (κ1) is 72.6. The van der Waals surface area contributed by atoms with Crippen molar-refractivity contribution in [2.75, 3.05) is 13.2 Å². The maximum absolute atomic E-state index is 12.5. The molecule has 6 heteroatoms. The summed E-state index contributed by atoms with van der Waals surface area (Å²) in [5.74, 6) is -0.105. The van der Waals surface area contributed by atoms with Crippen LogP contribution in [0.25, 0.3) is 0 Å². The molecule has 0 saturated carbocycles. The lowest BCUT2D eigenvalue weighted by atomic mass is 10.0. The van der Waals surface area contributed by atoms with Gasteiger partial charge in [0.1, 0.15) is 0 Å². The maximum Gasteiger partial charge on any atom is 0.305 e. The molecule has 0 rings (SSSR count). The number of carbonyl (C=O) groups is 2. The minimum absolute atomic E-state index is 0.0289. The van der Waals surface area contributed by atoms with Gasteiger partial charge in [0.15, 0.2) is 0 Å². The number of ether oxygens (including phenoxy) is 1. The molecule has 0 radical (unpaired) electrons. The minimum atomic E-state index is -0.855. The summed E-state index contributed by atoms with van der Waals surface area (Å²) in [6, 6.07) is -0.639. The number of nitrogens with one attached hydrogen (secondary N) is 1. The molecule has 2 atom stereocenters. The molecule has 0 aliphatic rings. The van der Waals surface area contributed by atoms with Crippen LogP contribution in [0.1, 0.15) is 341 Å². The van der Waals surface area contributed by atoms with E-state index in [2.05, 4.69) is 67.8 Å². The Labute approximate surface area is 467 Å². The molecular weight excluding hydrogens is 923 g/mol. The van der Waals surface area contributed by atoms with Gasteiger partial charge in [-0.3, -0.25) is 9.59 Å². The van der Waals surface area contributed by atoms with E-state index in [0.29, 0.717) is 19.4 Å². The average Bonchev–Trinajstić information content (AvgIpc) is 3.41. The van der Waals surface area contributed by atoms with E-state index >= 15 is 0 Å². The van der Waals surface area contributed by atoms with Crippen molar-refractivity contribution in [3.8, 4) is 0 Å². The normalized spacial score (nSPS) is 13.0. The first-order chi connectivity index (χ1) is 37.0. The van der Waals surface area contributed by atoms with E-state index in [9.17, 15) is 19.8 Å². The van der Waals surface area contributed by atoms with Crippen LogP contribution in [0.3, 0.4) is 0 Å². The fourth-order valence-corrected chi connectivity index (χ4v) is 9.94. The SMILES string of the molecule is CCCC/C=C\C/C=C\CCCCCCCC(=O)OCCCCC/C=C\C=C/CCCCCCCCCCCCC(=O)NC(CO)C(O)/C=C/CCCCCCCCCCCCCCCCCCCCCCCCC. The van der Waals surface area contributed by atoms with Gasteiger partial charge in [-0.15, -0.1) is 0 Å². The molecule has 0 fully saturated rings. The molecule has 75 heavy (non-hydrogen) atoms. The predicted molar refractivity (Wildman–Crippen MR) is 328 cm³/mol. The Kier molecular flexibility index (Phi) is 62.0. The third-order valence-electron chi connectivity index (χ3n) is 15.0. The van der Waals surface area contributed by atoms with Crippen LogP contribution in [0.4, 0.5) is 0 Å². The second-order valence-corrected chi connectivity index (χ2v) is 22.5. The van der Waals surface area contributed by atoms with Gasteiger partial charge in [0.05, 0.1) is 25.4 Å². The molecule has 1 amide bonds. The number of aliphatic hydroxyl groups is 2. The Bertz CT molecular complexity index is 1300. The predicted octanol–water partition coefficient (Wildman–Crippen LogP) is 21.1. The van der Waals surface area contributed by atoms with Gasteiger partial charge in [0.2, 0.25) is 5.91 Å². The Balaban J connectivity index is 3.51. The van der Waals surface area contributed by atoms with Crippen LogP contribution in [0, 0.1) is 0 Å². The summed E-state index contributed by atoms with van der Waals surface area (Å²) < 4.78 is 5.45. The largest absolute Gasteiger partial charge is 0.466 e. The van der Waals surface area contributed by atoms with Crippen molar-refractivity contribution in [2.45, 2.75) is 353 Å².